The third kappa shape index (κ3) is 5.26. The molecule has 2 aromatic rings. The molecule has 0 radical (unpaired) electrons. The zero-order valence-corrected chi connectivity index (χ0v) is 14.8. The minimum atomic E-state index is -0.0767. The van der Waals surface area contributed by atoms with Crippen LogP contribution in [-0.4, -0.2) is 38.8 Å². The first-order valence-corrected chi connectivity index (χ1v) is 8.19. The van der Waals surface area contributed by atoms with Crippen molar-refractivity contribution in [1.29, 1.82) is 0 Å². The number of nitrogens with zero attached hydrogens (tertiary/aromatic N) is 4. The standard InChI is InChI=1S/C15H19N5OS.H2S/c1-11(21)19-15-18-7-14(22-15)9-20-3-2-12(8-20)4-13-5-16-10-17-6-13;/h5-7,10,12H,2-4,8-9H2,1H3,(H,18,19,21);1H2. The molecule has 1 fully saturated rings. The SMILES string of the molecule is CC(=O)Nc1ncc(CN2CCC(Cc3cncnc3)C2)s1.S. The van der Waals surface area contributed by atoms with Crippen LogP contribution < -0.4 is 5.32 Å². The molecule has 1 aliphatic rings. The van der Waals surface area contributed by atoms with Crippen molar-refractivity contribution in [2.24, 2.45) is 5.92 Å². The first-order valence-electron chi connectivity index (χ1n) is 7.37. The third-order valence-corrected chi connectivity index (χ3v) is 4.62. The smallest absolute Gasteiger partial charge is 0.223 e. The third-order valence-electron chi connectivity index (χ3n) is 3.72. The van der Waals surface area contributed by atoms with E-state index in [9.17, 15) is 4.79 Å². The summed E-state index contributed by atoms with van der Waals surface area (Å²) in [7, 11) is 0. The predicted octanol–water partition coefficient (Wildman–Crippen LogP) is 2.07. The van der Waals surface area contributed by atoms with E-state index < -0.39 is 0 Å². The van der Waals surface area contributed by atoms with Crippen LogP contribution in [0.2, 0.25) is 0 Å². The zero-order chi connectivity index (χ0) is 15.4. The Morgan fingerprint density at radius 2 is 2.17 bits per heavy atom. The molecule has 2 aromatic heterocycles. The molecule has 1 amide bonds. The van der Waals surface area contributed by atoms with E-state index in [-0.39, 0.29) is 19.4 Å². The summed E-state index contributed by atoms with van der Waals surface area (Å²) in [6.45, 7) is 4.59. The number of nitrogens with one attached hydrogen (secondary N) is 1. The Bertz CT molecular complexity index is 634. The molecule has 0 aromatic carbocycles. The largest absolute Gasteiger partial charge is 0.302 e. The Hall–Kier alpha value is -1.51. The highest BCUT2D eigenvalue weighted by Crippen LogP contribution is 2.25. The molecule has 1 saturated heterocycles. The Morgan fingerprint density at radius 3 is 2.91 bits per heavy atom. The fraction of sp³-hybridized carbons (Fsp3) is 0.467. The van der Waals surface area contributed by atoms with Gasteiger partial charge in [0.2, 0.25) is 5.91 Å². The maximum atomic E-state index is 11.0. The van der Waals surface area contributed by atoms with Gasteiger partial charge in [-0.3, -0.25) is 9.69 Å². The number of aromatic nitrogens is 3. The molecule has 1 N–H and O–H groups in total. The van der Waals surface area contributed by atoms with Gasteiger partial charge in [0.25, 0.3) is 0 Å². The summed E-state index contributed by atoms with van der Waals surface area (Å²) in [6.07, 6.45) is 9.47. The molecule has 23 heavy (non-hydrogen) atoms. The summed E-state index contributed by atoms with van der Waals surface area (Å²) in [5.41, 5.74) is 1.21. The van der Waals surface area contributed by atoms with Crippen LogP contribution in [0, 0.1) is 5.92 Å². The fourth-order valence-electron chi connectivity index (χ4n) is 2.80. The van der Waals surface area contributed by atoms with Crippen molar-refractivity contribution < 1.29 is 4.79 Å². The van der Waals surface area contributed by atoms with Crippen LogP contribution in [0.5, 0.6) is 0 Å². The van der Waals surface area contributed by atoms with Gasteiger partial charge in [-0.05, 0) is 30.9 Å². The average molecular weight is 352 g/mol. The number of rotatable bonds is 5. The summed E-state index contributed by atoms with van der Waals surface area (Å²) >= 11 is 1.55. The van der Waals surface area contributed by atoms with Crippen LogP contribution in [0.4, 0.5) is 5.13 Å². The van der Waals surface area contributed by atoms with Gasteiger partial charge < -0.3 is 5.32 Å². The van der Waals surface area contributed by atoms with Crippen molar-refractivity contribution in [3.63, 3.8) is 0 Å². The van der Waals surface area contributed by atoms with Crippen molar-refractivity contribution in [2.75, 3.05) is 18.4 Å². The molecule has 3 rings (SSSR count). The number of carbonyl (C=O) groups is 1. The van der Waals surface area contributed by atoms with Gasteiger partial charge in [0, 0.05) is 43.5 Å². The quantitative estimate of drug-likeness (QED) is 0.893. The first kappa shape index (κ1) is 17.8. The van der Waals surface area contributed by atoms with E-state index in [0.29, 0.717) is 11.0 Å². The van der Waals surface area contributed by atoms with E-state index in [0.717, 1.165) is 26.1 Å². The number of thiazole rings is 1. The molecule has 124 valence electrons. The van der Waals surface area contributed by atoms with E-state index in [1.807, 2.05) is 18.6 Å². The average Bonchev–Trinajstić information content (AvgIpc) is 3.10. The minimum absolute atomic E-state index is 0. The van der Waals surface area contributed by atoms with Crippen LogP contribution in [0.1, 0.15) is 23.8 Å². The van der Waals surface area contributed by atoms with Crippen LogP contribution in [-0.2, 0) is 17.8 Å². The van der Waals surface area contributed by atoms with Gasteiger partial charge in [-0.1, -0.05) is 0 Å². The highest BCUT2D eigenvalue weighted by molar-refractivity contribution is 7.59. The van der Waals surface area contributed by atoms with Gasteiger partial charge in [0.05, 0.1) is 0 Å². The van der Waals surface area contributed by atoms with Gasteiger partial charge in [-0.15, -0.1) is 11.3 Å². The number of anilines is 1. The molecule has 0 saturated carbocycles. The number of likely N-dealkylation sites (tertiary alicyclic amines) is 1. The van der Waals surface area contributed by atoms with Crippen molar-refractivity contribution in [3.05, 3.63) is 35.4 Å². The second kappa shape index (κ2) is 8.37. The van der Waals surface area contributed by atoms with E-state index in [1.165, 1.54) is 23.8 Å². The Morgan fingerprint density at radius 1 is 1.39 bits per heavy atom. The van der Waals surface area contributed by atoms with Gasteiger partial charge in [-0.2, -0.15) is 13.5 Å². The minimum Gasteiger partial charge on any atom is -0.302 e. The fourth-order valence-corrected chi connectivity index (χ4v) is 3.70. The molecule has 1 unspecified atom stereocenters. The van der Waals surface area contributed by atoms with Crippen molar-refractivity contribution >= 4 is 35.9 Å². The lowest BCUT2D eigenvalue weighted by molar-refractivity contribution is -0.114. The Balaban J connectivity index is 0.00000192. The lowest BCUT2D eigenvalue weighted by Gasteiger charge is -2.14. The van der Waals surface area contributed by atoms with Crippen molar-refractivity contribution in [3.8, 4) is 0 Å². The number of hydrogen-bond donors (Lipinski definition) is 1. The number of amides is 1. The zero-order valence-electron chi connectivity index (χ0n) is 13.0. The molecule has 0 aliphatic carbocycles. The lowest BCUT2D eigenvalue weighted by atomic mass is 10.0. The topological polar surface area (TPSA) is 71.0 Å². The Kier molecular flexibility index (Phi) is 6.49. The summed E-state index contributed by atoms with van der Waals surface area (Å²) in [5.74, 6) is 0.584. The number of carbonyl (C=O) groups excluding carboxylic acids is 1. The summed E-state index contributed by atoms with van der Waals surface area (Å²) in [6, 6.07) is 0. The van der Waals surface area contributed by atoms with E-state index >= 15 is 0 Å². The highest BCUT2D eigenvalue weighted by atomic mass is 32.1. The lowest BCUT2D eigenvalue weighted by Crippen LogP contribution is -2.20. The van der Waals surface area contributed by atoms with Gasteiger partial charge >= 0.3 is 0 Å². The normalized spacial score (nSPS) is 17.7. The molecule has 8 heteroatoms. The van der Waals surface area contributed by atoms with Crippen LogP contribution >= 0.6 is 24.8 Å². The molecular formula is C15H21N5OS2. The number of hydrogen-bond acceptors (Lipinski definition) is 6. The van der Waals surface area contributed by atoms with E-state index in [4.69, 9.17) is 0 Å². The van der Waals surface area contributed by atoms with Crippen LogP contribution in [0.15, 0.2) is 24.9 Å². The van der Waals surface area contributed by atoms with Gasteiger partial charge in [-0.25, -0.2) is 15.0 Å². The van der Waals surface area contributed by atoms with Crippen molar-refractivity contribution in [2.45, 2.75) is 26.3 Å². The van der Waals surface area contributed by atoms with Gasteiger partial charge in [0.1, 0.15) is 6.33 Å². The molecule has 3 heterocycles. The van der Waals surface area contributed by atoms with E-state index in [1.54, 1.807) is 17.7 Å². The van der Waals surface area contributed by atoms with Crippen molar-refractivity contribution in [1.82, 2.24) is 19.9 Å². The maximum Gasteiger partial charge on any atom is 0.223 e. The summed E-state index contributed by atoms with van der Waals surface area (Å²) < 4.78 is 0. The van der Waals surface area contributed by atoms with Crippen LogP contribution in [0.3, 0.4) is 0 Å². The molecule has 1 aliphatic heterocycles. The highest BCUT2D eigenvalue weighted by Gasteiger charge is 2.23. The maximum absolute atomic E-state index is 11.0. The summed E-state index contributed by atoms with van der Waals surface area (Å²) in [5, 5.41) is 3.41. The molecule has 0 bridgehead atoms. The first-order chi connectivity index (χ1) is 10.7. The summed E-state index contributed by atoms with van der Waals surface area (Å²) in [4.78, 5) is 27.0. The predicted molar refractivity (Wildman–Crippen MR) is 95.9 cm³/mol. The molecular weight excluding hydrogens is 330 g/mol. The molecule has 1 atom stereocenters. The second-order valence-corrected chi connectivity index (χ2v) is 6.77. The Labute approximate surface area is 146 Å². The van der Waals surface area contributed by atoms with Crippen LogP contribution in [0.25, 0.3) is 0 Å². The monoisotopic (exact) mass is 351 g/mol. The second-order valence-electron chi connectivity index (χ2n) is 5.65. The van der Waals surface area contributed by atoms with Gasteiger partial charge in [0.15, 0.2) is 5.13 Å². The van der Waals surface area contributed by atoms with E-state index in [2.05, 4.69) is 25.2 Å². The molecule has 6 nitrogen and oxygen atoms in total. The molecule has 0 spiro atoms.